The number of sulfonamides is 1. The summed E-state index contributed by atoms with van der Waals surface area (Å²) in [5.74, 6) is -0.118. The van der Waals surface area contributed by atoms with Crippen molar-refractivity contribution in [1.82, 2.24) is 14.7 Å². The van der Waals surface area contributed by atoms with Crippen LogP contribution in [0.3, 0.4) is 0 Å². The second-order valence-electron chi connectivity index (χ2n) is 12.1. The molecule has 1 aliphatic heterocycles. The van der Waals surface area contributed by atoms with Gasteiger partial charge in [0, 0.05) is 35.6 Å². The Morgan fingerprint density at radius 3 is 2.12 bits per heavy atom. The van der Waals surface area contributed by atoms with Crippen molar-refractivity contribution < 1.29 is 13.2 Å². The lowest BCUT2D eigenvalue weighted by molar-refractivity contribution is 0.0680. The minimum absolute atomic E-state index is 0.118. The first kappa shape index (κ1) is 29.9. The van der Waals surface area contributed by atoms with Crippen LogP contribution in [0.5, 0.6) is 0 Å². The lowest BCUT2D eigenvalue weighted by Gasteiger charge is -2.30. The average Bonchev–Trinajstić information content (AvgIpc) is 3.24. The van der Waals surface area contributed by atoms with Crippen LogP contribution in [0.15, 0.2) is 59.6 Å². The van der Waals surface area contributed by atoms with Crippen molar-refractivity contribution in [3.05, 3.63) is 104 Å². The number of nitrogens with one attached hydrogen (secondary N) is 1. The number of halogens is 1. The van der Waals surface area contributed by atoms with E-state index in [0.29, 0.717) is 34.3 Å². The summed E-state index contributed by atoms with van der Waals surface area (Å²) in [7, 11) is -3.83. The third-order valence-corrected chi connectivity index (χ3v) is 10.5. The molecule has 0 saturated carbocycles. The predicted octanol–water partition coefficient (Wildman–Crippen LogP) is 7.09. The quantitative estimate of drug-likeness (QED) is 0.263. The molecule has 0 spiro atoms. The second-order valence-corrected chi connectivity index (χ2v) is 14.1. The molecule has 4 aromatic rings. The summed E-state index contributed by atoms with van der Waals surface area (Å²) in [5, 5.41) is 5.25. The van der Waals surface area contributed by atoms with Crippen molar-refractivity contribution >= 4 is 33.2 Å². The summed E-state index contributed by atoms with van der Waals surface area (Å²) in [4.78, 5) is 15.9. The molecule has 1 amide bonds. The number of hydrogen-bond acceptors (Lipinski definition) is 4. The van der Waals surface area contributed by atoms with Gasteiger partial charge in [-0.2, -0.15) is 5.10 Å². The van der Waals surface area contributed by atoms with Gasteiger partial charge in [0.2, 0.25) is 0 Å². The summed E-state index contributed by atoms with van der Waals surface area (Å²) in [6, 6.07) is 14.3. The Hall–Kier alpha value is -3.62. The molecule has 1 aliphatic rings. The van der Waals surface area contributed by atoms with E-state index >= 15 is 0 Å². The van der Waals surface area contributed by atoms with Gasteiger partial charge in [-0.05, 0) is 111 Å². The van der Waals surface area contributed by atoms with E-state index in [0.717, 1.165) is 51.2 Å². The smallest absolute Gasteiger partial charge is 0.262 e. The lowest BCUT2D eigenvalue weighted by atomic mass is 9.87. The maximum atomic E-state index is 13.7. The number of benzene rings is 3. The average molecular weight is 605 g/mol. The van der Waals surface area contributed by atoms with Gasteiger partial charge in [0.15, 0.2) is 0 Å². The highest BCUT2D eigenvalue weighted by Gasteiger charge is 2.33. The molecule has 5 rings (SSSR count). The van der Waals surface area contributed by atoms with E-state index in [1.807, 2.05) is 74.7 Å². The highest BCUT2D eigenvalue weighted by molar-refractivity contribution is 7.92. The van der Waals surface area contributed by atoms with E-state index in [1.54, 1.807) is 24.3 Å². The summed E-state index contributed by atoms with van der Waals surface area (Å²) < 4.78 is 31.6. The Morgan fingerprint density at radius 2 is 1.50 bits per heavy atom. The van der Waals surface area contributed by atoms with Crippen LogP contribution in [-0.4, -0.2) is 35.6 Å². The van der Waals surface area contributed by atoms with Crippen molar-refractivity contribution in [2.45, 2.75) is 66.3 Å². The van der Waals surface area contributed by atoms with E-state index in [4.69, 9.17) is 11.6 Å². The van der Waals surface area contributed by atoms with E-state index < -0.39 is 10.0 Å². The number of aromatic nitrogens is 2. The van der Waals surface area contributed by atoms with Crippen LogP contribution in [-0.2, 0) is 23.0 Å². The molecule has 0 saturated heterocycles. The maximum absolute atomic E-state index is 13.7. The fourth-order valence-electron chi connectivity index (χ4n) is 5.93. The van der Waals surface area contributed by atoms with Gasteiger partial charge in [-0.25, -0.2) is 13.1 Å². The minimum Gasteiger partial charge on any atom is -0.334 e. The number of amides is 1. The molecular formula is C33H37ClN4O3S. The van der Waals surface area contributed by atoms with Gasteiger partial charge in [0.1, 0.15) is 0 Å². The highest BCUT2D eigenvalue weighted by atomic mass is 35.5. The minimum atomic E-state index is -3.83. The molecule has 2 heterocycles. The number of nitrogens with zero attached hydrogens (tertiary/aromatic N) is 3. The fraction of sp³-hybridized carbons (Fsp3) is 0.333. The molecule has 0 unspecified atom stereocenters. The molecule has 9 heteroatoms. The van der Waals surface area contributed by atoms with Gasteiger partial charge < -0.3 is 4.90 Å². The molecule has 0 aliphatic carbocycles. The van der Waals surface area contributed by atoms with Crippen LogP contribution in [0, 0.1) is 40.0 Å². The zero-order valence-electron chi connectivity index (χ0n) is 25.2. The lowest BCUT2D eigenvalue weighted by Crippen LogP contribution is -2.37. The number of rotatable bonds is 5. The Kier molecular flexibility index (Phi) is 7.75. The number of carbonyl (C=O) groups is 1. The zero-order valence-corrected chi connectivity index (χ0v) is 26.7. The van der Waals surface area contributed by atoms with Crippen molar-refractivity contribution in [3.8, 4) is 5.69 Å². The van der Waals surface area contributed by atoms with Crippen LogP contribution in [0.25, 0.3) is 5.69 Å². The molecule has 0 fully saturated rings. The van der Waals surface area contributed by atoms with Crippen LogP contribution in [0.1, 0.15) is 63.3 Å². The molecule has 7 nitrogen and oxygen atoms in total. The molecule has 1 N–H and O–H groups in total. The molecular weight excluding hydrogens is 568 g/mol. The maximum Gasteiger partial charge on any atom is 0.262 e. The number of hydrogen-bond donors (Lipinski definition) is 1. The van der Waals surface area contributed by atoms with E-state index in [9.17, 15) is 13.2 Å². The summed E-state index contributed by atoms with van der Waals surface area (Å²) in [6.07, 6.45) is 2.55. The highest BCUT2D eigenvalue weighted by Crippen LogP contribution is 2.34. The van der Waals surface area contributed by atoms with Crippen LogP contribution in [0.2, 0.25) is 5.02 Å². The monoisotopic (exact) mass is 604 g/mol. The first-order valence-corrected chi connectivity index (χ1v) is 15.9. The topological polar surface area (TPSA) is 84.3 Å². The van der Waals surface area contributed by atoms with Gasteiger partial charge in [-0.3, -0.25) is 9.52 Å². The van der Waals surface area contributed by atoms with E-state index in [-0.39, 0.29) is 11.3 Å². The molecule has 220 valence electrons. The summed E-state index contributed by atoms with van der Waals surface area (Å²) >= 11 is 6.48. The van der Waals surface area contributed by atoms with Crippen LogP contribution in [0.4, 0.5) is 5.69 Å². The largest absolute Gasteiger partial charge is 0.334 e. The third kappa shape index (κ3) is 5.45. The first-order valence-electron chi connectivity index (χ1n) is 14.0. The Bertz CT molecular complexity index is 1780. The number of fused-ring (bicyclic) bond motifs is 1. The SMILES string of the molecule is Cc1c(C)c(C)c(S(=O)(=O)Nc2ccc(C(=O)N3Cc4cnn(-c5ccccc5Cl)c4CC(C)(C)C3)cc2)c(C)c1C. The number of carbonyl (C=O) groups excluding carboxylic acids is 1. The molecule has 1 aromatic heterocycles. The van der Waals surface area contributed by atoms with Crippen molar-refractivity contribution in [2.24, 2.45) is 5.41 Å². The Labute approximate surface area is 253 Å². The van der Waals surface area contributed by atoms with Gasteiger partial charge >= 0.3 is 0 Å². The molecule has 0 radical (unpaired) electrons. The molecule has 3 aromatic carbocycles. The van der Waals surface area contributed by atoms with Gasteiger partial charge in [0.25, 0.3) is 15.9 Å². The van der Waals surface area contributed by atoms with E-state index in [1.165, 1.54) is 0 Å². The van der Waals surface area contributed by atoms with Crippen molar-refractivity contribution in [2.75, 3.05) is 11.3 Å². The fourth-order valence-corrected chi connectivity index (χ4v) is 7.81. The van der Waals surface area contributed by atoms with Crippen molar-refractivity contribution in [1.29, 1.82) is 0 Å². The summed E-state index contributed by atoms with van der Waals surface area (Å²) in [6.45, 7) is 14.9. The van der Waals surface area contributed by atoms with Crippen LogP contribution < -0.4 is 4.72 Å². The molecule has 0 bridgehead atoms. The Balaban J connectivity index is 1.39. The van der Waals surface area contributed by atoms with Gasteiger partial charge in [0.05, 0.1) is 21.8 Å². The second kappa shape index (κ2) is 10.9. The van der Waals surface area contributed by atoms with Gasteiger partial charge in [-0.1, -0.05) is 37.6 Å². The van der Waals surface area contributed by atoms with Crippen LogP contribution >= 0.6 is 11.6 Å². The standard InChI is InChI=1S/C33H37ClN4O3S/c1-20-21(2)23(4)31(24(5)22(20)3)42(40,41)36-27-14-12-25(13-15-27)32(39)37-18-26-17-35-38(29-11-9-8-10-28(29)34)30(26)16-33(6,7)19-37/h8-15,17,36H,16,18-19H2,1-7H3. The number of para-hydroxylation sites is 1. The molecule has 42 heavy (non-hydrogen) atoms. The first-order chi connectivity index (χ1) is 19.7. The number of anilines is 1. The van der Waals surface area contributed by atoms with Gasteiger partial charge in [-0.15, -0.1) is 0 Å². The molecule has 0 atom stereocenters. The van der Waals surface area contributed by atoms with E-state index in [2.05, 4.69) is 23.7 Å². The van der Waals surface area contributed by atoms with Crippen molar-refractivity contribution in [3.63, 3.8) is 0 Å². The summed E-state index contributed by atoms with van der Waals surface area (Å²) in [5.41, 5.74) is 8.06. The normalized spacial score (nSPS) is 14.8. The zero-order chi connectivity index (χ0) is 30.6. The Morgan fingerprint density at radius 1 is 0.905 bits per heavy atom. The third-order valence-electron chi connectivity index (χ3n) is 8.53. The predicted molar refractivity (Wildman–Crippen MR) is 168 cm³/mol.